The Balaban J connectivity index is 2.58. The van der Waals surface area contributed by atoms with Crippen LogP contribution in [0.25, 0.3) is 0 Å². The molecule has 0 amide bonds. The lowest BCUT2D eigenvalue weighted by molar-refractivity contribution is -0.385. The van der Waals surface area contributed by atoms with Gasteiger partial charge in [0.1, 0.15) is 5.69 Å². The van der Waals surface area contributed by atoms with Crippen LogP contribution in [0.4, 0.5) is 17.5 Å². The van der Waals surface area contributed by atoms with Crippen LogP contribution in [0.15, 0.2) is 0 Å². The Morgan fingerprint density at radius 1 is 1.45 bits per heavy atom. The zero-order valence-corrected chi connectivity index (χ0v) is 12.1. The van der Waals surface area contributed by atoms with E-state index in [0.717, 1.165) is 0 Å². The first kappa shape index (κ1) is 14.4. The van der Waals surface area contributed by atoms with E-state index in [1.54, 1.807) is 14.0 Å². The van der Waals surface area contributed by atoms with E-state index in [-0.39, 0.29) is 11.2 Å². The highest BCUT2D eigenvalue weighted by Gasteiger charge is 2.37. The molecule has 110 valence electrons. The third-order valence-electron chi connectivity index (χ3n) is 3.35. The fraction of sp³-hybridized carbons (Fsp3) is 0.667. The number of anilines is 2. The lowest BCUT2D eigenvalue weighted by Gasteiger charge is -2.42. The molecule has 1 aromatic rings. The monoisotopic (exact) mass is 281 g/mol. The summed E-state index contributed by atoms with van der Waals surface area (Å²) in [6.45, 7) is 7.17. The van der Waals surface area contributed by atoms with Crippen LogP contribution >= 0.6 is 0 Å². The zero-order chi connectivity index (χ0) is 14.9. The number of ether oxygens (including phenoxy) is 1. The van der Waals surface area contributed by atoms with Gasteiger partial charge in [0.25, 0.3) is 0 Å². The number of nitrogens with zero attached hydrogens (tertiary/aromatic N) is 4. The van der Waals surface area contributed by atoms with Crippen molar-refractivity contribution in [1.82, 2.24) is 9.97 Å². The SMILES string of the molecule is CNc1nc(C)c([N+](=O)[O-])c(N2CCOCC2(C)C)n1. The van der Waals surface area contributed by atoms with E-state index in [1.807, 2.05) is 18.7 Å². The molecule has 0 saturated carbocycles. The highest BCUT2D eigenvalue weighted by Crippen LogP contribution is 2.35. The first-order chi connectivity index (χ1) is 9.36. The summed E-state index contributed by atoms with van der Waals surface area (Å²) in [4.78, 5) is 21.2. The van der Waals surface area contributed by atoms with Gasteiger partial charge in [-0.15, -0.1) is 0 Å². The molecule has 2 rings (SSSR count). The van der Waals surface area contributed by atoms with E-state index in [4.69, 9.17) is 4.74 Å². The van der Waals surface area contributed by atoms with Crippen molar-refractivity contribution in [2.75, 3.05) is 37.0 Å². The molecular weight excluding hydrogens is 262 g/mol. The summed E-state index contributed by atoms with van der Waals surface area (Å²) in [5.74, 6) is 0.727. The standard InChI is InChI=1S/C12H19N5O3/c1-8-9(17(18)19)10(15-11(13-4)14-8)16-5-6-20-7-12(16,2)3/h5-7H2,1-4H3,(H,13,14,15). The molecule has 0 aromatic carbocycles. The Bertz CT molecular complexity index is 532. The fourth-order valence-electron chi connectivity index (χ4n) is 2.32. The van der Waals surface area contributed by atoms with Gasteiger partial charge in [-0.2, -0.15) is 4.98 Å². The summed E-state index contributed by atoms with van der Waals surface area (Å²) >= 11 is 0. The summed E-state index contributed by atoms with van der Waals surface area (Å²) < 4.78 is 5.45. The third-order valence-corrected chi connectivity index (χ3v) is 3.35. The first-order valence-electron chi connectivity index (χ1n) is 6.43. The summed E-state index contributed by atoms with van der Waals surface area (Å²) in [7, 11) is 1.69. The lowest BCUT2D eigenvalue weighted by Crippen LogP contribution is -2.53. The fourth-order valence-corrected chi connectivity index (χ4v) is 2.32. The molecule has 0 atom stereocenters. The van der Waals surface area contributed by atoms with E-state index < -0.39 is 4.92 Å². The summed E-state index contributed by atoms with van der Waals surface area (Å²) in [5, 5.41) is 14.2. The van der Waals surface area contributed by atoms with Crippen LogP contribution in [0.1, 0.15) is 19.5 Å². The smallest absolute Gasteiger partial charge is 0.332 e. The summed E-state index contributed by atoms with van der Waals surface area (Å²) in [6, 6.07) is 0. The molecule has 1 aliphatic heterocycles. The van der Waals surface area contributed by atoms with Crippen molar-refractivity contribution >= 4 is 17.5 Å². The van der Waals surface area contributed by atoms with Gasteiger partial charge >= 0.3 is 5.69 Å². The number of morpholine rings is 1. The molecule has 0 radical (unpaired) electrons. The van der Waals surface area contributed by atoms with E-state index >= 15 is 0 Å². The Morgan fingerprint density at radius 2 is 2.15 bits per heavy atom. The third kappa shape index (κ3) is 2.51. The number of nitro groups is 1. The minimum absolute atomic E-state index is 0.0426. The minimum atomic E-state index is -0.421. The highest BCUT2D eigenvalue weighted by atomic mass is 16.6. The van der Waals surface area contributed by atoms with Crippen molar-refractivity contribution in [2.45, 2.75) is 26.3 Å². The van der Waals surface area contributed by atoms with Gasteiger partial charge in [-0.3, -0.25) is 10.1 Å². The Kier molecular flexibility index (Phi) is 3.76. The second kappa shape index (κ2) is 5.20. The predicted octanol–water partition coefficient (Wildman–Crippen LogP) is 1.35. The first-order valence-corrected chi connectivity index (χ1v) is 6.43. The second-order valence-corrected chi connectivity index (χ2v) is 5.33. The van der Waals surface area contributed by atoms with Gasteiger partial charge in [0, 0.05) is 13.6 Å². The van der Waals surface area contributed by atoms with Gasteiger partial charge < -0.3 is 15.0 Å². The molecule has 0 aliphatic carbocycles. The van der Waals surface area contributed by atoms with Gasteiger partial charge in [0.15, 0.2) is 0 Å². The number of nitrogens with one attached hydrogen (secondary N) is 1. The quantitative estimate of drug-likeness (QED) is 0.660. The van der Waals surface area contributed by atoms with Crippen LogP contribution in [0.3, 0.4) is 0 Å². The number of rotatable bonds is 3. The van der Waals surface area contributed by atoms with Gasteiger partial charge in [-0.25, -0.2) is 4.98 Å². The van der Waals surface area contributed by atoms with E-state index in [2.05, 4.69) is 15.3 Å². The molecule has 1 saturated heterocycles. The van der Waals surface area contributed by atoms with Crippen LogP contribution in [0.2, 0.25) is 0 Å². The van der Waals surface area contributed by atoms with Crippen LogP contribution in [0, 0.1) is 17.0 Å². The molecule has 8 heteroatoms. The molecule has 20 heavy (non-hydrogen) atoms. The van der Waals surface area contributed by atoms with Crippen LogP contribution in [0.5, 0.6) is 0 Å². The molecule has 1 fully saturated rings. The maximum absolute atomic E-state index is 11.3. The molecule has 2 heterocycles. The zero-order valence-electron chi connectivity index (χ0n) is 12.1. The number of aromatic nitrogens is 2. The topological polar surface area (TPSA) is 93.4 Å². The van der Waals surface area contributed by atoms with Crippen LogP contribution < -0.4 is 10.2 Å². The molecule has 0 unspecified atom stereocenters. The number of hydrogen-bond acceptors (Lipinski definition) is 7. The summed E-state index contributed by atoms with van der Waals surface area (Å²) in [6.07, 6.45) is 0. The molecule has 0 spiro atoms. The maximum atomic E-state index is 11.3. The van der Waals surface area contributed by atoms with Crippen molar-refractivity contribution in [1.29, 1.82) is 0 Å². The molecule has 1 N–H and O–H groups in total. The van der Waals surface area contributed by atoms with E-state index in [9.17, 15) is 10.1 Å². The molecule has 1 aliphatic rings. The second-order valence-electron chi connectivity index (χ2n) is 5.33. The van der Waals surface area contributed by atoms with Crippen molar-refractivity contribution in [3.63, 3.8) is 0 Å². The van der Waals surface area contributed by atoms with Gasteiger partial charge in [0.2, 0.25) is 11.8 Å². The molecular formula is C12H19N5O3. The van der Waals surface area contributed by atoms with Crippen LogP contribution in [-0.4, -0.2) is 47.2 Å². The van der Waals surface area contributed by atoms with E-state index in [1.165, 1.54) is 0 Å². The van der Waals surface area contributed by atoms with Gasteiger partial charge in [-0.1, -0.05) is 0 Å². The molecule has 0 bridgehead atoms. The minimum Gasteiger partial charge on any atom is -0.377 e. The lowest BCUT2D eigenvalue weighted by atomic mass is 10.0. The Labute approximate surface area is 117 Å². The summed E-state index contributed by atoms with van der Waals surface area (Å²) in [5.41, 5.74) is -0.0416. The predicted molar refractivity (Wildman–Crippen MR) is 75.2 cm³/mol. The van der Waals surface area contributed by atoms with Crippen molar-refractivity contribution in [2.24, 2.45) is 0 Å². The Morgan fingerprint density at radius 3 is 2.70 bits per heavy atom. The van der Waals surface area contributed by atoms with Gasteiger partial charge in [-0.05, 0) is 20.8 Å². The maximum Gasteiger partial charge on any atom is 0.332 e. The number of hydrogen-bond donors (Lipinski definition) is 1. The average molecular weight is 281 g/mol. The van der Waals surface area contributed by atoms with Crippen molar-refractivity contribution in [3.05, 3.63) is 15.8 Å². The largest absolute Gasteiger partial charge is 0.377 e. The van der Waals surface area contributed by atoms with Crippen LogP contribution in [-0.2, 0) is 4.74 Å². The molecule has 1 aromatic heterocycles. The number of aryl methyl sites for hydroxylation is 1. The Hall–Kier alpha value is -1.96. The normalized spacial score (nSPS) is 17.9. The molecule has 8 nitrogen and oxygen atoms in total. The average Bonchev–Trinajstić information content (AvgIpc) is 2.36. The van der Waals surface area contributed by atoms with Crippen molar-refractivity contribution in [3.8, 4) is 0 Å². The van der Waals surface area contributed by atoms with E-state index in [0.29, 0.717) is 37.2 Å². The van der Waals surface area contributed by atoms with Gasteiger partial charge in [0.05, 0.1) is 23.7 Å². The highest BCUT2D eigenvalue weighted by molar-refractivity contribution is 5.63. The van der Waals surface area contributed by atoms with Crippen molar-refractivity contribution < 1.29 is 9.66 Å².